The number of aryl methyl sites for hydroxylation is 2. The van der Waals surface area contributed by atoms with Crippen LogP contribution in [-0.4, -0.2) is 28.8 Å². The molecular formula is C16H16ClN3O2. The standard InChI is InChI=1S/C16H16ClN3O2/c1-9-7-14(17)20-16(18-9)15(10(2)19-20)12-6-5-11(21-3)8-13(12)22-4/h5-8H,1-4H3. The summed E-state index contributed by atoms with van der Waals surface area (Å²) in [7, 11) is 3.25. The maximum absolute atomic E-state index is 6.27. The first kappa shape index (κ1) is 14.7. The Kier molecular flexibility index (Phi) is 3.66. The van der Waals surface area contributed by atoms with Crippen molar-refractivity contribution in [2.45, 2.75) is 13.8 Å². The second-order valence-electron chi connectivity index (χ2n) is 4.98. The Morgan fingerprint density at radius 1 is 1.09 bits per heavy atom. The Morgan fingerprint density at radius 3 is 2.55 bits per heavy atom. The summed E-state index contributed by atoms with van der Waals surface area (Å²) in [6.45, 7) is 3.84. The highest BCUT2D eigenvalue weighted by atomic mass is 35.5. The summed E-state index contributed by atoms with van der Waals surface area (Å²) >= 11 is 6.27. The van der Waals surface area contributed by atoms with Crippen LogP contribution in [0.1, 0.15) is 11.4 Å². The molecule has 2 aromatic heterocycles. The molecule has 3 rings (SSSR count). The molecule has 0 N–H and O–H groups in total. The smallest absolute Gasteiger partial charge is 0.165 e. The summed E-state index contributed by atoms with van der Waals surface area (Å²) in [5.41, 5.74) is 4.20. The highest BCUT2D eigenvalue weighted by molar-refractivity contribution is 6.29. The second-order valence-corrected chi connectivity index (χ2v) is 5.37. The first-order chi connectivity index (χ1) is 10.5. The average Bonchev–Trinajstić information content (AvgIpc) is 2.83. The number of aromatic nitrogens is 3. The molecule has 0 aliphatic heterocycles. The number of benzene rings is 1. The summed E-state index contributed by atoms with van der Waals surface area (Å²) in [4.78, 5) is 4.58. The third kappa shape index (κ3) is 2.27. The van der Waals surface area contributed by atoms with E-state index in [2.05, 4.69) is 10.1 Å². The molecule has 0 unspecified atom stereocenters. The lowest BCUT2D eigenvalue weighted by molar-refractivity contribution is 0.395. The number of methoxy groups -OCH3 is 2. The van der Waals surface area contributed by atoms with E-state index < -0.39 is 0 Å². The molecule has 0 saturated carbocycles. The van der Waals surface area contributed by atoms with Gasteiger partial charge in [-0.15, -0.1) is 0 Å². The summed E-state index contributed by atoms with van der Waals surface area (Å²) < 4.78 is 12.4. The normalized spacial score (nSPS) is 11.0. The van der Waals surface area contributed by atoms with E-state index in [4.69, 9.17) is 21.1 Å². The molecule has 0 aliphatic rings. The van der Waals surface area contributed by atoms with Crippen molar-refractivity contribution in [3.63, 3.8) is 0 Å². The molecule has 6 heteroatoms. The van der Waals surface area contributed by atoms with Crippen molar-refractivity contribution < 1.29 is 9.47 Å². The predicted octanol–water partition coefficient (Wildman–Crippen LogP) is 3.68. The van der Waals surface area contributed by atoms with Crippen LogP contribution >= 0.6 is 11.6 Å². The minimum Gasteiger partial charge on any atom is -0.497 e. The second kappa shape index (κ2) is 5.50. The molecule has 0 aliphatic carbocycles. The van der Waals surface area contributed by atoms with Gasteiger partial charge in [0.15, 0.2) is 5.65 Å². The first-order valence-corrected chi connectivity index (χ1v) is 7.18. The average molecular weight is 318 g/mol. The van der Waals surface area contributed by atoms with Crippen molar-refractivity contribution in [1.82, 2.24) is 14.6 Å². The zero-order valence-electron chi connectivity index (χ0n) is 12.8. The fourth-order valence-electron chi connectivity index (χ4n) is 2.52. The summed E-state index contributed by atoms with van der Waals surface area (Å²) in [5.74, 6) is 1.44. The molecule has 0 bridgehead atoms. The van der Waals surface area contributed by atoms with Crippen molar-refractivity contribution in [1.29, 1.82) is 0 Å². The molecule has 5 nitrogen and oxygen atoms in total. The Morgan fingerprint density at radius 2 is 1.86 bits per heavy atom. The Bertz CT molecular complexity index is 858. The molecule has 0 saturated heterocycles. The fourth-order valence-corrected chi connectivity index (χ4v) is 2.80. The molecule has 0 amide bonds. The van der Waals surface area contributed by atoms with Crippen molar-refractivity contribution in [2.24, 2.45) is 0 Å². The van der Waals surface area contributed by atoms with E-state index in [1.54, 1.807) is 24.8 Å². The Labute approximate surface area is 133 Å². The van der Waals surface area contributed by atoms with Gasteiger partial charge in [-0.2, -0.15) is 5.10 Å². The molecule has 3 aromatic rings. The van der Waals surface area contributed by atoms with Crippen LogP contribution in [0.2, 0.25) is 5.15 Å². The monoisotopic (exact) mass is 317 g/mol. The van der Waals surface area contributed by atoms with Crippen LogP contribution in [-0.2, 0) is 0 Å². The number of nitrogens with zero attached hydrogens (tertiary/aromatic N) is 3. The molecule has 0 spiro atoms. The van der Waals surface area contributed by atoms with Crippen LogP contribution in [0.4, 0.5) is 0 Å². The van der Waals surface area contributed by atoms with E-state index in [0.717, 1.165) is 28.3 Å². The molecule has 0 fully saturated rings. The SMILES string of the molecule is COc1ccc(-c2c(C)nn3c(Cl)cc(C)nc23)c(OC)c1. The zero-order chi connectivity index (χ0) is 15.9. The number of rotatable bonds is 3. The van der Waals surface area contributed by atoms with Gasteiger partial charge in [0.1, 0.15) is 16.7 Å². The van der Waals surface area contributed by atoms with E-state index >= 15 is 0 Å². The number of halogens is 1. The molecule has 2 heterocycles. The molecule has 22 heavy (non-hydrogen) atoms. The zero-order valence-corrected chi connectivity index (χ0v) is 13.6. The van der Waals surface area contributed by atoms with Crippen molar-refractivity contribution >= 4 is 17.2 Å². The van der Waals surface area contributed by atoms with Gasteiger partial charge in [-0.05, 0) is 32.0 Å². The van der Waals surface area contributed by atoms with Gasteiger partial charge in [-0.1, -0.05) is 11.6 Å². The van der Waals surface area contributed by atoms with E-state index in [9.17, 15) is 0 Å². The Hall–Kier alpha value is -2.27. The lowest BCUT2D eigenvalue weighted by Crippen LogP contribution is -1.95. The Balaban J connectivity index is 2.33. The van der Waals surface area contributed by atoms with Gasteiger partial charge in [-0.3, -0.25) is 0 Å². The van der Waals surface area contributed by atoms with E-state index in [1.807, 2.05) is 32.0 Å². The van der Waals surface area contributed by atoms with Gasteiger partial charge >= 0.3 is 0 Å². The molecule has 114 valence electrons. The molecule has 1 aromatic carbocycles. The highest BCUT2D eigenvalue weighted by Gasteiger charge is 2.19. The third-order valence-corrected chi connectivity index (χ3v) is 3.80. The van der Waals surface area contributed by atoms with Crippen LogP contribution in [0.5, 0.6) is 11.5 Å². The van der Waals surface area contributed by atoms with Crippen LogP contribution < -0.4 is 9.47 Å². The number of ether oxygens (including phenoxy) is 2. The van der Waals surface area contributed by atoms with Gasteiger partial charge in [0.2, 0.25) is 0 Å². The van der Waals surface area contributed by atoms with Gasteiger partial charge in [0.25, 0.3) is 0 Å². The van der Waals surface area contributed by atoms with Crippen LogP contribution in [0.25, 0.3) is 16.8 Å². The maximum Gasteiger partial charge on any atom is 0.165 e. The van der Waals surface area contributed by atoms with Gasteiger partial charge < -0.3 is 9.47 Å². The molecule has 0 atom stereocenters. The van der Waals surface area contributed by atoms with Crippen molar-refractivity contribution in [2.75, 3.05) is 14.2 Å². The largest absolute Gasteiger partial charge is 0.497 e. The van der Waals surface area contributed by atoms with Gasteiger partial charge in [-0.25, -0.2) is 9.50 Å². The van der Waals surface area contributed by atoms with Gasteiger partial charge in [0, 0.05) is 17.3 Å². The van der Waals surface area contributed by atoms with E-state index in [-0.39, 0.29) is 0 Å². The minimum absolute atomic E-state index is 0.532. The topological polar surface area (TPSA) is 48.7 Å². The number of fused-ring (bicyclic) bond motifs is 1. The fraction of sp³-hybridized carbons (Fsp3) is 0.250. The molecular weight excluding hydrogens is 302 g/mol. The predicted molar refractivity (Wildman–Crippen MR) is 86.0 cm³/mol. The lowest BCUT2D eigenvalue weighted by atomic mass is 10.0. The van der Waals surface area contributed by atoms with Crippen molar-refractivity contribution in [3.8, 4) is 22.6 Å². The first-order valence-electron chi connectivity index (χ1n) is 6.80. The van der Waals surface area contributed by atoms with Crippen LogP contribution in [0, 0.1) is 13.8 Å². The summed E-state index contributed by atoms with van der Waals surface area (Å²) in [5, 5.41) is 5.02. The number of hydrogen-bond acceptors (Lipinski definition) is 4. The number of hydrogen-bond donors (Lipinski definition) is 0. The van der Waals surface area contributed by atoms with Crippen LogP contribution in [0.3, 0.4) is 0 Å². The lowest BCUT2D eigenvalue weighted by Gasteiger charge is -2.10. The minimum atomic E-state index is 0.532. The maximum atomic E-state index is 6.27. The quantitative estimate of drug-likeness (QED) is 0.691. The van der Waals surface area contributed by atoms with Crippen LogP contribution in [0.15, 0.2) is 24.3 Å². The molecule has 0 radical (unpaired) electrons. The highest BCUT2D eigenvalue weighted by Crippen LogP contribution is 2.37. The van der Waals surface area contributed by atoms with E-state index in [0.29, 0.717) is 16.5 Å². The summed E-state index contributed by atoms with van der Waals surface area (Å²) in [6, 6.07) is 7.46. The van der Waals surface area contributed by atoms with Crippen molar-refractivity contribution in [3.05, 3.63) is 40.8 Å². The van der Waals surface area contributed by atoms with E-state index in [1.165, 1.54) is 0 Å². The van der Waals surface area contributed by atoms with Gasteiger partial charge in [0.05, 0.1) is 25.5 Å². The summed E-state index contributed by atoms with van der Waals surface area (Å²) in [6.07, 6.45) is 0. The third-order valence-electron chi connectivity index (χ3n) is 3.53.